The lowest BCUT2D eigenvalue weighted by Crippen LogP contribution is -2.12. The largest absolute Gasteiger partial charge is 0.456 e. The summed E-state index contributed by atoms with van der Waals surface area (Å²) in [6, 6.07) is 67.5. The number of anilines is 3. The minimum Gasteiger partial charge on any atom is -0.456 e. The molecule has 0 saturated carbocycles. The summed E-state index contributed by atoms with van der Waals surface area (Å²) in [4.78, 5) is 2.43. The van der Waals surface area contributed by atoms with E-state index in [4.69, 9.17) is 4.42 Å². The quantitative estimate of drug-likeness (QED) is 0.175. The van der Waals surface area contributed by atoms with E-state index in [2.05, 4.69) is 187 Å². The molecule has 240 valence electrons. The number of benzene rings is 8. The Balaban J connectivity index is 1.27. The lowest BCUT2D eigenvalue weighted by Gasteiger charge is -2.30. The number of hydrogen-bond donors (Lipinski definition) is 0. The minimum absolute atomic E-state index is 0.868. The van der Waals surface area contributed by atoms with Gasteiger partial charge in [-0.3, -0.25) is 0 Å². The van der Waals surface area contributed by atoms with E-state index in [-0.39, 0.29) is 0 Å². The number of furan rings is 1. The van der Waals surface area contributed by atoms with E-state index in [0.29, 0.717) is 0 Å². The maximum absolute atomic E-state index is 6.45. The fraction of sp³-hybridized carbons (Fsp3) is 0. The van der Waals surface area contributed by atoms with Crippen molar-refractivity contribution in [3.63, 3.8) is 0 Å². The lowest BCUT2D eigenvalue weighted by molar-refractivity contribution is 0.669. The summed E-state index contributed by atoms with van der Waals surface area (Å²) in [7, 11) is 0. The zero-order chi connectivity index (χ0) is 33.7. The van der Waals surface area contributed by atoms with Gasteiger partial charge in [0.05, 0.1) is 16.8 Å². The first-order valence-electron chi connectivity index (χ1n) is 17.3. The van der Waals surface area contributed by atoms with Crippen molar-refractivity contribution < 1.29 is 4.42 Å². The Morgan fingerprint density at radius 1 is 0.392 bits per heavy atom. The van der Waals surface area contributed by atoms with Crippen LogP contribution in [0.4, 0.5) is 17.1 Å². The van der Waals surface area contributed by atoms with Gasteiger partial charge in [0.15, 0.2) is 0 Å². The van der Waals surface area contributed by atoms with Crippen molar-refractivity contribution in [1.29, 1.82) is 0 Å². The van der Waals surface area contributed by atoms with E-state index in [1.807, 2.05) is 17.4 Å². The number of nitrogens with zero attached hydrogens (tertiary/aromatic N) is 1. The van der Waals surface area contributed by atoms with E-state index in [1.54, 1.807) is 0 Å². The highest BCUT2D eigenvalue weighted by Crippen LogP contribution is 2.49. The summed E-state index contributed by atoms with van der Waals surface area (Å²) < 4.78 is 9.04. The van der Waals surface area contributed by atoms with E-state index in [1.165, 1.54) is 53.6 Å². The molecule has 2 nitrogen and oxygen atoms in total. The van der Waals surface area contributed by atoms with Crippen molar-refractivity contribution in [2.75, 3.05) is 4.90 Å². The summed E-state index contributed by atoms with van der Waals surface area (Å²) in [6.07, 6.45) is 0. The van der Waals surface area contributed by atoms with Gasteiger partial charge in [-0.15, -0.1) is 11.3 Å². The van der Waals surface area contributed by atoms with Crippen molar-refractivity contribution in [2.45, 2.75) is 0 Å². The molecule has 0 N–H and O–H groups in total. The maximum atomic E-state index is 6.45. The molecule has 0 unspecified atom stereocenters. The molecule has 10 aromatic rings. The Hall–Kier alpha value is -6.42. The molecule has 0 spiro atoms. The highest BCUT2D eigenvalue weighted by molar-refractivity contribution is 7.25. The van der Waals surface area contributed by atoms with Gasteiger partial charge in [0.25, 0.3) is 0 Å². The van der Waals surface area contributed by atoms with Crippen LogP contribution in [0.5, 0.6) is 0 Å². The van der Waals surface area contributed by atoms with Gasteiger partial charge in [0.1, 0.15) is 11.2 Å². The number of fused-ring (bicyclic) bond motifs is 6. The third-order valence-corrected chi connectivity index (χ3v) is 11.0. The van der Waals surface area contributed by atoms with Gasteiger partial charge < -0.3 is 9.32 Å². The molecule has 0 aliphatic heterocycles. The monoisotopic (exact) mass is 669 g/mol. The molecule has 0 fully saturated rings. The molecule has 0 radical (unpaired) electrons. The van der Waals surface area contributed by atoms with Crippen LogP contribution in [0.15, 0.2) is 192 Å². The van der Waals surface area contributed by atoms with Gasteiger partial charge in [0, 0.05) is 36.8 Å². The van der Waals surface area contributed by atoms with Crippen LogP contribution in [0, 0.1) is 0 Å². The van der Waals surface area contributed by atoms with Gasteiger partial charge in [-0.25, -0.2) is 0 Å². The molecule has 0 aliphatic rings. The molecular weight excluding hydrogens is 639 g/mol. The lowest BCUT2D eigenvalue weighted by atomic mass is 9.91. The number of rotatable bonds is 6. The Morgan fingerprint density at radius 2 is 1.00 bits per heavy atom. The van der Waals surface area contributed by atoms with E-state index in [9.17, 15) is 0 Å². The second kappa shape index (κ2) is 12.2. The molecule has 2 aromatic heterocycles. The van der Waals surface area contributed by atoms with E-state index < -0.39 is 0 Å². The van der Waals surface area contributed by atoms with Gasteiger partial charge in [0.2, 0.25) is 0 Å². The molecule has 51 heavy (non-hydrogen) atoms. The fourth-order valence-corrected chi connectivity index (χ4v) is 8.70. The van der Waals surface area contributed by atoms with Crippen LogP contribution in [-0.2, 0) is 0 Å². The Labute approximate surface area is 300 Å². The second-order valence-electron chi connectivity index (χ2n) is 12.9. The average molecular weight is 670 g/mol. The van der Waals surface area contributed by atoms with Gasteiger partial charge in [-0.2, -0.15) is 0 Å². The molecule has 0 aliphatic carbocycles. The summed E-state index contributed by atoms with van der Waals surface area (Å²) in [5.41, 5.74) is 12.1. The highest BCUT2D eigenvalue weighted by Gasteiger charge is 2.24. The van der Waals surface area contributed by atoms with Crippen LogP contribution in [0.2, 0.25) is 0 Å². The average Bonchev–Trinajstić information content (AvgIpc) is 3.77. The zero-order valence-electron chi connectivity index (χ0n) is 27.7. The molecule has 10 rings (SSSR count). The molecule has 0 atom stereocenters. The van der Waals surface area contributed by atoms with E-state index in [0.717, 1.165) is 39.0 Å². The van der Waals surface area contributed by atoms with Crippen molar-refractivity contribution in [3.8, 4) is 33.4 Å². The number of para-hydroxylation sites is 1. The Bertz CT molecular complexity index is 2850. The van der Waals surface area contributed by atoms with Gasteiger partial charge in [-0.05, 0) is 76.3 Å². The predicted molar refractivity (Wildman–Crippen MR) is 218 cm³/mol. The minimum atomic E-state index is 0.868. The predicted octanol–water partition coefficient (Wildman–Crippen LogP) is 14.4. The number of hydrogen-bond acceptors (Lipinski definition) is 3. The standard InChI is InChI=1S/C48H31NOS/c1-3-13-32(14-4-1)33-25-28-36(29-26-33)49(42-21-12-23-44-48(42)40-18-7-9-22-43(40)50-44)41-20-11-19-37(34-15-5-2-6-16-34)47(41)35-27-30-39-38-17-8-10-24-45(38)51-46(39)31-35/h1-31H. The van der Waals surface area contributed by atoms with Crippen LogP contribution >= 0.6 is 11.3 Å². The Kier molecular flexibility index (Phi) is 7.04. The smallest absolute Gasteiger partial charge is 0.137 e. The summed E-state index contributed by atoms with van der Waals surface area (Å²) >= 11 is 1.86. The second-order valence-corrected chi connectivity index (χ2v) is 14.0. The third kappa shape index (κ3) is 5.01. The first-order valence-corrected chi connectivity index (χ1v) is 18.1. The van der Waals surface area contributed by atoms with Gasteiger partial charge in [-0.1, -0.05) is 140 Å². The van der Waals surface area contributed by atoms with Crippen LogP contribution in [-0.4, -0.2) is 0 Å². The van der Waals surface area contributed by atoms with E-state index >= 15 is 0 Å². The van der Waals surface area contributed by atoms with Crippen molar-refractivity contribution >= 4 is 70.5 Å². The van der Waals surface area contributed by atoms with Crippen molar-refractivity contribution in [1.82, 2.24) is 0 Å². The summed E-state index contributed by atoms with van der Waals surface area (Å²) in [5.74, 6) is 0. The topological polar surface area (TPSA) is 16.4 Å². The molecular formula is C48H31NOS. The zero-order valence-corrected chi connectivity index (χ0v) is 28.5. The Morgan fingerprint density at radius 3 is 1.82 bits per heavy atom. The summed E-state index contributed by atoms with van der Waals surface area (Å²) in [5, 5.41) is 4.79. The van der Waals surface area contributed by atoms with Crippen LogP contribution in [0.3, 0.4) is 0 Å². The molecule has 3 heteroatoms. The van der Waals surface area contributed by atoms with Crippen molar-refractivity contribution in [3.05, 3.63) is 188 Å². The van der Waals surface area contributed by atoms with Crippen LogP contribution in [0.25, 0.3) is 75.5 Å². The molecule has 0 amide bonds. The molecule has 0 saturated heterocycles. The van der Waals surface area contributed by atoms with Gasteiger partial charge >= 0.3 is 0 Å². The molecule has 8 aromatic carbocycles. The number of thiophene rings is 1. The fourth-order valence-electron chi connectivity index (χ4n) is 7.55. The van der Waals surface area contributed by atoms with Crippen LogP contribution < -0.4 is 4.90 Å². The third-order valence-electron chi connectivity index (χ3n) is 9.89. The highest BCUT2D eigenvalue weighted by atomic mass is 32.1. The molecule has 0 bridgehead atoms. The first kappa shape index (κ1) is 29.5. The molecule has 2 heterocycles. The van der Waals surface area contributed by atoms with Crippen molar-refractivity contribution in [2.24, 2.45) is 0 Å². The maximum Gasteiger partial charge on any atom is 0.137 e. The SMILES string of the molecule is c1ccc(-c2ccc(N(c3cccc(-c4ccccc4)c3-c3ccc4c(c3)sc3ccccc34)c3cccc4oc5ccccc5c34)cc2)cc1. The normalized spacial score (nSPS) is 11.5. The summed E-state index contributed by atoms with van der Waals surface area (Å²) in [6.45, 7) is 0. The van der Waals surface area contributed by atoms with Crippen LogP contribution in [0.1, 0.15) is 0 Å². The first-order chi connectivity index (χ1) is 25.3.